The molecule has 20 heavy (non-hydrogen) atoms. The number of likely N-dealkylation sites (tertiary alicyclic amines) is 1. The molecule has 114 valence electrons. The zero-order chi connectivity index (χ0) is 13.9. The van der Waals surface area contributed by atoms with Crippen LogP contribution in [0.2, 0.25) is 13.1 Å². The van der Waals surface area contributed by atoms with Crippen molar-refractivity contribution in [1.82, 2.24) is 4.90 Å². The van der Waals surface area contributed by atoms with Crippen molar-refractivity contribution in [3.05, 3.63) is 35.1 Å². The molecule has 1 heterocycles. The molecule has 0 bridgehead atoms. The average Bonchev–Trinajstić information content (AvgIpc) is 2.34. The Bertz CT molecular complexity index is 430. The van der Waals surface area contributed by atoms with Gasteiger partial charge in [-0.2, -0.15) is 0 Å². The lowest BCUT2D eigenvalue weighted by Gasteiger charge is -2.34. The van der Waals surface area contributed by atoms with Crippen LogP contribution in [0.15, 0.2) is 18.2 Å². The molecule has 1 aliphatic heterocycles. The molecule has 2 rings (SSSR count). The zero-order valence-corrected chi connectivity index (χ0v) is 14.7. The summed E-state index contributed by atoms with van der Waals surface area (Å²) in [6.07, 6.45) is 5.26. The van der Waals surface area contributed by atoms with Gasteiger partial charge in [-0.3, -0.25) is 0 Å². The Balaban J connectivity index is 0.00000200. The Hall–Kier alpha value is -0.383. The fourth-order valence-corrected chi connectivity index (χ4v) is 6.07. The predicted molar refractivity (Wildman–Crippen MR) is 89.9 cm³/mol. The summed E-state index contributed by atoms with van der Waals surface area (Å²) in [7, 11) is -1.40. The van der Waals surface area contributed by atoms with E-state index in [9.17, 15) is 4.39 Å². The molecule has 1 aliphatic rings. The predicted octanol–water partition coefficient (Wildman–Crippen LogP) is 4.37. The van der Waals surface area contributed by atoms with Crippen LogP contribution in [0.3, 0.4) is 0 Å². The van der Waals surface area contributed by atoms with Crippen molar-refractivity contribution in [2.45, 2.75) is 45.3 Å². The zero-order valence-electron chi connectivity index (χ0n) is 12.9. The summed E-state index contributed by atoms with van der Waals surface area (Å²) in [5.74, 6) is -0.0233. The third kappa shape index (κ3) is 5.19. The molecule has 1 fully saturated rings. The molecular weight excluding hydrogens is 289 g/mol. The fourth-order valence-electron chi connectivity index (χ4n) is 3.13. The Kier molecular flexibility index (Phi) is 6.69. The molecule has 0 radical (unpaired) electrons. The van der Waals surface area contributed by atoms with E-state index < -0.39 is 8.07 Å². The van der Waals surface area contributed by atoms with E-state index in [2.05, 4.69) is 18.0 Å². The van der Waals surface area contributed by atoms with Crippen LogP contribution < -0.4 is 0 Å². The summed E-state index contributed by atoms with van der Waals surface area (Å²) in [6.45, 7) is 9.31. The highest BCUT2D eigenvalue weighted by molar-refractivity contribution is 6.77. The van der Waals surface area contributed by atoms with E-state index in [0.717, 1.165) is 11.6 Å². The average molecular weight is 316 g/mol. The first-order chi connectivity index (χ1) is 8.96. The third-order valence-corrected chi connectivity index (χ3v) is 6.61. The molecule has 0 unspecified atom stereocenters. The largest absolute Gasteiger partial charge is 0.306 e. The number of benzene rings is 1. The van der Waals surface area contributed by atoms with Crippen molar-refractivity contribution in [3.63, 3.8) is 0 Å². The minimum atomic E-state index is -1.40. The van der Waals surface area contributed by atoms with Gasteiger partial charge in [0.2, 0.25) is 0 Å². The molecule has 0 aliphatic carbocycles. The number of halogens is 2. The molecule has 0 aromatic heterocycles. The van der Waals surface area contributed by atoms with Gasteiger partial charge in [0.1, 0.15) is 5.82 Å². The number of hydrogen-bond acceptors (Lipinski definition) is 1. The molecule has 4 heteroatoms. The van der Waals surface area contributed by atoms with E-state index >= 15 is 0 Å². The smallest absolute Gasteiger partial charge is 0.126 e. The van der Waals surface area contributed by atoms with Crippen molar-refractivity contribution in [3.8, 4) is 0 Å². The van der Waals surface area contributed by atoms with Crippen molar-refractivity contribution in [1.29, 1.82) is 0 Å². The van der Waals surface area contributed by atoms with Crippen LogP contribution in [0, 0.1) is 12.7 Å². The Morgan fingerprint density at radius 2 is 1.80 bits per heavy atom. The summed E-state index contributed by atoms with van der Waals surface area (Å²) >= 11 is 0. The summed E-state index contributed by atoms with van der Waals surface area (Å²) in [6, 6.07) is 6.46. The molecule has 0 spiro atoms. The van der Waals surface area contributed by atoms with Gasteiger partial charge in [0.25, 0.3) is 0 Å². The van der Waals surface area contributed by atoms with Crippen molar-refractivity contribution in [2.24, 2.45) is 0 Å². The molecule has 1 aromatic carbocycles. The first-order valence-corrected chi connectivity index (χ1v) is 10.9. The highest BCUT2D eigenvalue weighted by Crippen LogP contribution is 2.19. The third-order valence-electron chi connectivity index (χ3n) is 3.97. The second-order valence-corrected chi connectivity index (χ2v) is 11.8. The van der Waals surface area contributed by atoms with Gasteiger partial charge >= 0.3 is 0 Å². The van der Waals surface area contributed by atoms with Crippen LogP contribution >= 0.6 is 12.4 Å². The van der Waals surface area contributed by atoms with Gasteiger partial charge in [0.05, 0.1) is 8.07 Å². The Morgan fingerprint density at radius 3 is 2.45 bits per heavy atom. The molecule has 0 saturated carbocycles. The molecule has 1 nitrogen and oxygen atoms in total. The van der Waals surface area contributed by atoms with E-state index in [0.29, 0.717) is 0 Å². The van der Waals surface area contributed by atoms with Gasteiger partial charge < -0.3 is 4.90 Å². The molecule has 0 N–H and O–H groups in total. The summed E-state index contributed by atoms with van der Waals surface area (Å²) < 4.78 is 13.9. The normalized spacial score (nSPS) is 16.8. The second-order valence-electron chi connectivity index (χ2n) is 6.77. The van der Waals surface area contributed by atoms with Gasteiger partial charge in [-0.1, -0.05) is 37.2 Å². The monoisotopic (exact) mass is 315 g/mol. The van der Waals surface area contributed by atoms with Gasteiger partial charge in [0, 0.05) is 0 Å². The maximum absolute atomic E-state index is 13.9. The van der Waals surface area contributed by atoms with E-state index in [1.165, 1.54) is 44.1 Å². The summed E-state index contributed by atoms with van der Waals surface area (Å²) in [4.78, 5) is 2.60. The van der Waals surface area contributed by atoms with Crippen LogP contribution in [0.4, 0.5) is 4.39 Å². The highest BCUT2D eigenvalue weighted by Gasteiger charge is 2.26. The van der Waals surface area contributed by atoms with Crippen LogP contribution in [0.5, 0.6) is 0 Å². The standard InChI is InChI=1S/C16H26FNSi.ClH/c1-14-7-8-16(17)15(11-14)12-19(2,3)13-18-9-5-4-6-10-18;/h7-8,11H,4-6,9-10,12-13H2,1-3H3;1H. The van der Waals surface area contributed by atoms with Crippen LogP contribution in [-0.4, -0.2) is 32.2 Å². The maximum atomic E-state index is 13.9. The van der Waals surface area contributed by atoms with Crippen LogP contribution in [0.1, 0.15) is 30.4 Å². The molecule has 0 amide bonds. The van der Waals surface area contributed by atoms with Crippen LogP contribution in [0.25, 0.3) is 0 Å². The number of aryl methyl sites for hydroxylation is 1. The SMILES string of the molecule is Cc1ccc(F)c(C[Si](C)(C)CN2CCCCC2)c1.Cl. The highest BCUT2D eigenvalue weighted by atomic mass is 35.5. The second kappa shape index (κ2) is 7.58. The van der Waals surface area contributed by atoms with Crippen LogP contribution in [-0.2, 0) is 6.04 Å². The van der Waals surface area contributed by atoms with Crippen molar-refractivity contribution in [2.75, 3.05) is 19.3 Å². The minimum absolute atomic E-state index is 0. The van der Waals surface area contributed by atoms with Crippen molar-refractivity contribution >= 4 is 20.5 Å². The van der Waals surface area contributed by atoms with Crippen molar-refractivity contribution < 1.29 is 4.39 Å². The summed E-state index contributed by atoms with van der Waals surface area (Å²) in [5, 5.41) is 0. The topological polar surface area (TPSA) is 3.24 Å². The minimum Gasteiger partial charge on any atom is -0.306 e. The molecule has 0 atom stereocenters. The summed E-state index contributed by atoms with van der Waals surface area (Å²) in [5.41, 5.74) is 2.09. The lowest BCUT2D eigenvalue weighted by atomic mass is 10.1. The molecule has 1 saturated heterocycles. The molecule has 1 aromatic rings. The molecular formula is C16H27ClFNSi. The fraction of sp³-hybridized carbons (Fsp3) is 0.625. The lowest BCUT2D eigenvalue weighted by Crippen LogP contribution is -2.46. The van der Waals surface area contributed by atoms with Gasteiger partial charge in [-0.05, 0) is 56.7 Å². The number of rotatable bonds is 4. The van der Waals surface area contributed by atoms with E-state index in [-0.39, 0.29) is 18.2 Å². The quantitative estimate of drug-likeness (QED) is 0.746. The van der Waals surface area contributed by atoms with Gasteiger partial charge in [0.15, 0.2) is 0 Å². The van der Waals surface area contributed by atoms with E-state index in [1.807, 2.05) is 19.1 Å². The maximum Gasteiger partial charge on any atom is 0.126 e. The Morgan fingerprint density at radius 1 is 1.15 bits per heavy atom. The number of hydrogen-bond donors (Lipinski definition) is 0. The van der Waals surface area contributed by atoms with Gasteiger partial charge in [-0.15, -0.1) is 12.4 Å². The van der Waals surface area contributed by atoms with E-state index in [4.69, 9.17) is 0 Å². The number of nitrogens with zero attached hydrogens (tertiary/aromatic N) is 1. The van der Waals surface area contributed by atoms with E-state index in [1.54, 1.807) is 6.07 Å². The van der Waals surface area contributed by atoms with Gasteiger partial charge in [-0.25, -0.2) is 4.39 Å². The lowest BCUT2D eigenvalue weighted by molar-refractivity contribution is 0.258. The first-order valence-electron chi connectivity index (χ1n) is 7.44. The first kappa shape index (κ1) is 17.7. The number of piperidine rings is 1. The Labute approximate surface area is 130 Å².